The Morgan fingerprint density at radius 2 is 1.94 bits per heavy atom. The fourth-order valence-corrected chi connectivity index (χ4v) is 2.09. The summed E-state index contributed by atoms with van der Waals surface area (Å²) in [6.07, 6.45) is 2.04. The third-order valence-corrected chi connectivity index (χ3v) is 2.91. The number of carbonyl (C=O) groups excluding carboxylic acids is 1. The highest BCUT2D eigenvalue weighted by Crippen LogP contribution is 2.45. The van der Waals surface area contributed by atoms with Gasteiger partial charge in [-0.1, -0.05) is 6.07 Å². The first-order valence-corrected chi connectivity index (χ1v) is 6.22. The summed E-state index contributed by atoms with van der Waals surface area (Å²) in [5.74, 6) is 1.20. The van der Waals surface area contributed by atoms with Crippen LogP contribution in [0.1, 0.15) is 49.5 Å². The number of carbonyl (C=O) groups is 1. The van der Waals surface area contributed by atoms with Gasteiger partial charge in [0.1, 0.15) is 17.1 Å². The zero-order chi connectivity index (χ0) is 12.9. The minimum atomic E-state index is -0.292. The highest BCUT2D eigenvalue weighted by atomic mass is 16.5. The predicted molar refractivity (Wildman–Crippen MR) is 68.4 cm³/mol. The van der Waals surface area contributed by atoms with E-state index in [1.807, 2.05) is 32.9 Å². The third-order valence-electron chi connectivity index (χ3n) is 2.91. The van der Waals surface area contributed by atoms with Crippen molar-refractivity contribution >= 4 is 11.7 Å². The number of ether oxygens (including phenoxy) is 2. The van der Waals surface area contributed by atoms with Gasteiger partial charge in [0.2, 0.25) is 0 Å². The van der Waals surface area contributed by atoms with Gasteiger partial charge >= 0.3 is 5.97 Å². The highest BCUT2D eigenvalue weighted by molar-refractivity contribution is 6.05. The van der Waals surface area contributed by atoms with Gasteiger partial charge in [-0.25, -0.2) is 4.79 Å². The molecule has 0 atom stereocenters. The lowest BCUT2D eigenvalue weighted by molar-refractivity contribution is 0.0715. The molecule has 0 bridgehead atoms. The van der Waals surface area contributed by atoms with E-state index in [4.69, 9.17) is 9.47 Å². The molecule has 0 aromatic heterocycles. The summed E-state index contributed by atoms with van der Waals surface area (Å²) in [6, 6.07) is 5.53. The van der Waals surface area contributed by atoms with Gasteiger partial charge < -0.3 is 9.47 Å². The van der Waals surface area contributed by atoms with Crippen molar-refractivity contribution in [2.45, 2.75) is 39.2 Å². The number of rotatable bonds is 1. The quantitative estimate of drug-likeness (QED) is 0.709. The van der Waals surface area contributed by atoms with Gasteiger partial charge in [0, 0.05) is 0 Å². The number of benzene rings is 1. The summed E-state index contributed by atoms with van der Waals surface area (Å²) >= 11 is 0. The van der Waals surface area contributed by atoms with Crippen LogP contribution in [0.5, 0.6) is 5.75 Å². The molecule has 1 aliphatic heterocycles. The molecule has 0 saturated heterocycles. The molecule has 0 N–H and O–H groups in total. The zero-order valence-electron chi connectivity index (χ0n) is 10.9. The molecule has 1 fully saturated rings. The van der Waals surface area contributed by atoms with Crippen molar-refractivity contribution in [3.05, 3.63) is 34.9 Å². The van der Waals surface area contributed by atoms with Crippen LogP contribution in [0.2, 0.25) is 0 Å². The Kier molecular flexibility index (Phi) is 2.27. The fraction of sp³-hybridized carbons (Fsp3) is 0.400. The highest BCUT2D eigenvalue weighted by Gasteiger charge is 2.35. The standard InChI is InChI=1S/C15H16O3/c1-15(2,3)18-11-6-4-5-10-12(11)13(9-7-8-9)17-14(10)16/h4-6H,7-8H2,1-3H3. The molecule has 0 unspecified atom stereocenters. The molecule has 0 radical (unpaired) electrons. The lowest BCUT2D eigenvalue weighted by Gasteiger charge is -2.22. The van der Waals surface area contributed by atoms with E-state index in [-0.39, 0.29) is 11.6 Å². The van der Waals surface area contributed by atoms with Crippen molar-refractivity contribution in [1.29, 1.82) is 0 Å². The van der Waals surface area contributed by atoms with E-state index < -0.39 is 0 Å². The van der Waals surface area contributed by atoms with Gasteiger partial charge in [-0.05, 0) is 51.3 Å². The lowest BCUT2D eigenvalue weighted by atomic mass is 10.1. The average molecular weight is 244 g/mol. The molecule has 1 aromatic carbocycles. The van der Waals surface area contributed by atoms with Gasteiger partial charge in [-0.2, -0.15) is 0 Å². The second kappa shape index (κ2) is 3.61. The van der Waals surface area contributed by atoms with Crippen LogP contribution >= 0.6 is 0 Å². The van der Waals surface area contributed by atoms with E-state index in [0.29, 0.717) is 5.56 Å². The maximum Gasteiger partial charge on any atom is 0.344 e. The Bertz CT molecular complexity index is 556. The summed E-state index contributed by atoms with van der Waals surface area (Å²) in [4.78, 5) is 11.8. The molecule has 1 saturated carbocycles. The molecule has 18 heavy (non-hydrogen) atoms. The van der Waals surface area contributed by atoms with Gasteiger partial charge in [0.25, 0.3) is 0 Å². The van der Waals surface area contributed by atoms with Crippen molar-refractivity contribution in [2.75, 3.05) is 0 Å². The molecule has 2 aliphatic rings. The van der Waals surface area contributed by atoms with Crippen molar-refractivity contribution in [3.63, 3.8) is 0 Å². The van der Waals surface area contributed by atoms with E-state index in [0.717, 1.165) is 29.9 Å². The van der Waals surface area contributed by atoms with Crippen LogP contribution in [-0.4, -0.2) is 11.6 Å². The van der Waals surface area contributed by atoms with Gasteiger partial charge in [-0.3, -0.25) is 0 Å². The van der Waals surface area contributed by atoms with Gasteiger partial charge in [-0.15, -0.1) is 0 Å². The van der Waals surface area contributed by atoms with E-state index in [1.165, 1.54) is 5.57 Å². The Hall–Kier alpha value is -1.77. The first kappa shape index (κ1) is 11.3. The van der Waals surface area contributed by atoms with Crippen molar-refractivity contribution in [2.24, 2.45) is 0 Å². The molecule has 1 heterocycles. The second-order valence-electron chi connectivity index (χ2n) is 5.72. The molecule has 3 heteroatoms. The van der Waals surface area contributed by atoms with Crippen LogP contribution in [-0.2, 0) is 4.74 Å². The molecule has 1 aromatic rings. The molecule has 0 amide bonds. The molecule has 94 valence electrons. The Morgan fingerprint density at radius 3 is 2.56 bits per heavy atom. The van der Waals surface area contributed by atoms with Gasteiger partial charge in [0.05, 0.1) is 11.1 Å². The topological polar surface area (TPSA) is 35.5 Å². The summed E-state index contributed by atoms with van der Waals surface area (Å²) in [5, 5.41) is 0. The predicted octanol–water partition coefficient (Wildman–Crippen LogP) is 3.54. The average Bonchev–Trinajstić information content (AvgIpc) is 3.03. The molecule has 1 aliphatic carbocycles. The normalized spacial score (nSPS) is 17.6. The Morgan fingerprint density at radius 1 is 1.22 bits per heavy atom. The first-order chi connectivity index (χ1) is 8.46. The summed E-state index contributed by atoms with van der Waals surface area (Å²) in [6.45, 7) is 5.98. The van der Waals surface area contributed by atoms with Crippen LogP contribution in [0, 0.1) is 0 Å². The fourth-order valence-electron chi connectivity index (χ4n) is 2.09. The van der Waals surface area contributed by atoms with Crippen LogP contribution in [0.25, 0.3) is 5.76 Å². The zero-order valence-corrected chi connectivity index (χ0v) is 10.9. The minimum Gasteiger partial charge on any atom is -0.487 e. The summed E-state index contributed by atoms with van der Waals surface area (Å²) in [7, 11) is 0. The Labute approximate surface area is 106 Å². The number of hydrogen-bond donors (Lipinski definition) is 0. The van der Waals surface area contributed by atoms with Crippen molar-refractivity contribution < 1.29 is 14.3 Å². The second-order valence-corrected chi connectivity index (χ2v) is 5.72. The summed E-state index contributed by atoms with van der Waals surface area (Å²) < 4.78 is 11.3. The number of hydrogen-bond acceptors (Lipinski definition) is 3. The molecule has 3 rings (SSSR count). The first-order valence-electron chi connectivity index (χ1n) is 6.22. The van der Waals surface area contributed by atoms with Crippen LogP contribution < -0.4 is 4.74 Å². The van der Waals surface area contributed by atoms with E-state index in [2.05, 4.69) is 0 Å². The number of cyclic esters (lactones) is 1. The largest absolute Gasteiger partial charge is 0.487 e. The number of allylic oxidation sites excluding steroid dienone is 1. The molecule has 0 spiro atoms. The molecular weight excluding hydrogens is 228 g/mol. The third kappa shape index (κ3) is 1.90. The Balaban J connectivity index is 2.13. The van der Waals surface area contributed by atoms with E-state index >= 15 is 0 Å². The lowest BCUT2D eigenvalue weighted by Crippen LogP contribution is -2.23. The van der Waals surface area contributed by atoms with E-state index in [9.17, 15) is 4.79 Å². The smallest absolute Gasteiger partial charge is 0.344 e. The number of esters is 1. The van der Waals surface area contributed by atoms with Crippen LogP contribution in [0.15, 0.2) is 23.8 Å². The van der Waals surface area contributed by atoms with Crippen molar-refractivity contribution in [3.8, 4) is 5.75 Å². The number of fused-ring (bicyclic) bond motifs is 1. The van der Waals surface area contributed by atoms with Crippen molar-refractivity contribution in [1.82, 2.24) is 0 Å². The molecular formula is C15H16O3. The SMILES string of the molecule is CC(C)(C)Oc1cccc2c1C(=C1CC1)OC2=O. The maximum atomic E-state index is 11.8. The summed E-state index contributed by atoms with van der Waals surface area (Å²) in [5.41, 5.74) is 2.38. The maximum absolute atomic E-state index is 11.8. The van der Waals surface area contributed by atoms with Gasteiger partial charge in [0.15, 0.2) is 0 Å². The van der Waals surface area contributed by atoms with Crippen LogP contribution in [0.3, 0.4) is 0 Å². The molecule has 3 nitrogen and oxygen atoms in total. The minimum absolute atomic E-state index is 0.265. The monoisotopic (exact) mass is 244 g/mol. The van der Waals surface area contributed by atoms with Crippen LogP contribution in [0.4, 0.5) is 0 Å². The van der Waals surface area contributed by atoms with E-state index in [1.54, 1.807) is 6.07 Å².